The molecule has 2 heteroatoms. The van der Waals surface area contributed by atoms with E-state index in [1.807, 2.05) is 0 Å². The van der Waals surface area contributed by atoms with E-state index in [2.05, 4.69) is 268 Å². The van der Waals surface area contributed by atoms with Gasteiger partial charge in [0.15, 0.2) is 0 Å². The minimum absolute atomic E-state index is 0.128. The van der Waals surface area contributed by atoms with Crippen LogP contribution in [0.3, 0.4) is 0 Å². The average molecular weight is 871 g/mol. The van der Waals surface area contributed by atoms with Crippen molar-refractivity contribution in [3.63, 3.8) is 0 Å². The van der Waals surface area contributed by atoms with Crippen molar-refractivity contribution in [3.05, 3.63) is 253 Å². The number of benzene rings is 10. The molecule has 324 valence electrons. The molecule has 1 aromatic heterocycles. The van der Waals surface area contributed by atoms with Crippen molar-refractivity contribution in [1.29, 1.82) is 0 Å². The fourth-order valence-corrected chi connectivity index (χ4v) is 11.7. The van der Waals surface area contributed by atoms with E-state index in [0.29, 0.717) is 0 Å². The molecule has 0 radical (unpaired) electrons. The summed E-state index contributed by atoms with van der Waals surface area (Å²) in [6.07, 6.45) is 0. The van der Waals surface area contributed by atoms with Gasteiger partial charge in [0.05, 0.1) is 11.0 Å². The van der Waals surface area contributed by atoms with Crippen LogP contribution in [0, 0.1) is 0 Å². The molecule has 1 heterocycles. The van der Waals surface area contributed by atoms with Gasteiger partial charge in [-0.05, 0) is 145 Å². The van der Waals surface area contributed by atoms with E-state index < -0.39 is 0 Å². The van der Waals surface area contributed by atoms with E-state index in [0.717, 1.165) is 17.1 Å². The molecule has 0 fully saturated rings. The van der Waals surface area contributed by atoms with E-state index in [1.54, 1.807) is 0 Å². The SMILES string of the molecule is CC1(C)c2ccccc2-c2ccc(N(c3ccc(-c4ccc5c(c4)c4ccccc4n5-c4ccccc4)cc3)c3ccc4c(c3)C(C)(C)c3cccc(-c5ccc(-c6ccccc6)cc5)c3-4)cc21. The van der Waals surface area contributed by atoms with Crippen LogP contribution >= 0.6 is 0 Å². The maximum absolute atomic E-state index is 2.47. The summed E-state index contributed by atoms with van der Waals surface area (Å²) < 4.78 is 2.38. The Balaban J connectivity index is 0.926. The van der Waals surface area contributed by atoms with Gasteiger partial charge in [0.2, 0.25) is 0 Å². The monoisotopic (exact) mass is 870 g/mol. The van der Waals surface area contributed by atoms with Crippen LogP contribution in [-0.4, -0.2) is 4.57 Å². The molecular formula is C66H50N2. The minimum Gasteiger partial charge on any atom is -0.310 e. The van der Waals surface area contributed by atoms with Crippen LogP contribution in [0.25, 0.3) is 83.1 Å². The molecule has 0 saturated heterocycles. The molecule has 0 N–H and O–H groups in total. The van der Waals surface area contributed by atoms with Crippen LogP contribution in [-0.2, 0) is 10.8 Å². The smallest absolute Gasteiger partial charge is 0.0541 e. The zero-order valence-electron chi connectivity index (χ0n) is 38.8. The molecule has 10 aromatic carbocycles. The maximum Gasteiger partial charge on any atom is 0.0541 e. The largest absolute Gasteiger partial charge is 0.310 e. The van der Waals surface area contributed by atoms with E-state index in [4.69, 9.17) is 0 Å². The standard InChI is InChI=1S/C66H50N2/c1-65(2)58-23-13-11-20-53(58)54-37-35-50(41-60(54)65)67(49-33-30-45(31-34-49)47-32-39-63-57(40-47)55-21-12-14-25-62(55)68(63)48-18-9-6-10-19-48)51-36-38-56-61(42-51)66(3,4)59-24-15-22-52(64(56)59)46-28-26-44(27-29-46)43-16-7-5-8-17-43/h5-42H,1-4H3. The summed E-state index contributed by atoms with van der Waals surface area (Å²) in [6.45, 7) is 9.53. The third-order valence-corrected chi connectivity index (χ3v) is 15.2. The number of fused-ring (bicyclic) bond motifs is 9. The quantitative estimate of drug-likeness (QED) is 0.155. The highest BCUT2D eigenvalue weighted by molar-refractivity contribution is 6.10. The average Bonchev–Trinajstić information content (AvgIpc) is 3.93. The third-order valence-electron chi connectivity index (χ3n) is 15.2. The van der Waals surface area contributed by atoms with E-state index >= 15 is 0 Å². The number of rotatable bonds is 7. The Kier molecular flexibility index (Phi) is 8.95. The van der Waals surface area contributed by atoms with Crippen LogP contribution in [0.1, 0.15) is 49.9 Å². The minimum atomic E-state index is -0.208. The highest BCUT2D eigenvalue weighted by Crippen LogP contribution is 2.55. The second kappa shape index (κ2) is 15.2. The van der Waals surface area contributed by atoms with Gasteiger partial charge in [-0.1, -0.05) is 191 Å². The molecule has 11 aromatic rings. The zero-order valence-corrected chi connectivity index (χ0v) is 38.8. The van der Waals surface area contributed by atoms with E-state index in [9.17, 15) is 0 Å². The van der Waals surface area contributed by atoms with Crippen LogP contribution in [0.5, 0.6) is 0 Å². The summed E-state index contributed by atoms with van der Waals surface area (Å²) in [7, 11) is 0. The lowest BCUT2D eigenvalue weighted by atomic mass is 9.81. The number of nitrogens with zero attached hydrogens (tertiary/aromatic N) is 2. The van der Waals surface area contributed by atoms with Crippen LogP contribution in [0.2, 0.25) is 0 Å². The predicted octanol–water partition coefficient (Wildman–Crippen LogP) is 17.9. The van der Waals surface area contributed by atoms with Gasteiger partial charge in [0, 0.05) is 44.4 Å². The Hall–Kier alpha value is -8.20. The van der Waals surface area contributed by atoms with Crippen molar-refractivity contribution < 1.29 is 0 Å². The van der Waals surface area contributed by atoms with Gasteiger partial charge in [0.1, 0.15) is 0 Å². The van der Waals surface area contributed by atoms with Crippen molar-refractivity contribution in [2.75, 3.05) is 4.90 Å². The number of para-hydroxylation sites is 2. The fourth-order valence-electron chi connectivity index (χ4n) is 11.7. The Morgan fingerprint density at radius 3 is 1.57 bits per heavy atom. The molecule has 0 atom stereocenters. The molecule has 0 aliphatic heterocycles. The highest BCUT2D eigenvalue weighted by atomic mass is 15.1. The van der Waals surface area contributed by atoms with Gasteiger partial charge in [-0.2, -0.15) is 0 Å². The topological polar surface area (TPSA) is 8.17 Å². The lowest BCUT2D eigenvalue weighted by molar-refractivity contribution is 0.660. The van der Waals surface area contributed by atoms with Crippen molar-refractivity contribution in [3.8, 4) is 61.3 Å². The first-order chi connectivity index (χ1) is 33.2. The van der Waals surface area contributed by atoms with Gasteiger partial charge >= 0.3 is 0 Å². The van der Waals surface area contributed by atoms with Crippen molar-refractivity contribution in [2.24, 2.45) is 0 Å². The fraction of sp³-hybridized carbons (Fsp3) is 0.0909. The first-order valence-electron chi connectivity index (χ1n) is 23.9. The molecule has 0 saturated carbocycles. The second-order valence-corrected chi connectivity index (χ2v) is 19.7. The van der Waals surface area contributed by atoms with Gasteiger partial charge in [-0.15, -0.1) is 0 Å². The summed E-state index contributed by atoms with van der Waals surface area (Å²) in [6, 6.07) is 85.5. The number of hydrogen-bond donors (Lipinski definition) is 0. The predicted molar refractivity (Wildman–Crippen MR) is 287 cm³/mol. The van der Waals surface area contributed by atoms with E-state index in [-0.39, 0.29) is 10.8 Å². The van der Waals surface area contributed by atoms with Crippen LogP contribution in [0.4, 0.5) is 17.1 Å². The zero-order chi connectivity index (χ0) is 45.7. The summed E-state index contributed by atoms with van der Waals surface area (Å²) >= 11 is 0. The lowest BCUT2D eigenvalue weighted by Crippen LogP contribution is -2.18. The molecule has 2 aliphatic rings. The molecule has 0 unspecified atom stereocenters. The van der Waals surface area contributed by atoms with Crippen LogP contribution in [0.15, 0.2) is 231 Å². The summed E-state index contributed by atoms with van der Waals surface area (Å²) in [5, 5.41) is 2.51. The molecule has 0 spiro atoms. The molecular weight excluding hydrogens is 821 g/mol. The Morgan fingerprint density at radius 1 is 0.309 bits per heavy atom. The van der Waals surface area contributed by atoms with Crippen molar-refractivity contribution in [1.82, 2.24) is 4.57 Å². The second-order valence-electron chi connectivity index (χ2n) is 19.7. The molecule has 13 rings (SSSR count). The summed E-state index contributed by atoms with van der Waals surface area (Å²) in [4.78, 5) is 2.47. The van der Waals surface area contributed by atoms with Gasteiger partial charge in [-0.3, -0.25) is 0 Å². The molecule has 68 heavy (non-hydrogen) atoms. The molecule has 0 amide bonds. The first kappa shape index (κ1) is 40.1. The Labute approximate surface area is 399 Å². The molecule has 2 aliphatic carbocycles. The number of hydrogen-bond acceptors (Lipinski definition) is 1. The van der Waals surface area contributed by atoms with Gasteiger partial charge < -0.3 is 9.47 Å². The normalized spacial score (nSPS) is 13.8. The number of anilines is 3. The number of aromatic nitrogens is 1. The van der Waals surface area contributed by atoms with Gasteiger partial charge in [0.25, 0.3) is 0 Å². The Morgan fingerprint density at radius 2 is 0.809 bits per heavy atom. The van der Waals surface area contributed by atoms with Crippen LogP contribution < -0.4 is 4.90 Å². The summed E-state index contributed by atoms with van der Waals surface area (Å²) in [5.74, 6) is 0. The lowest BCUT2D eigenvalue weighted by Gasteiger charge is -2.30. The highest BCUT2D eigenvalue weighted by Gasteiger charge is 2.39. The van der Waals surface area contributed by atoms with Gasteiger partial charge in [-0.25, -0.2) is 0 Å². The van der Waals surface area contributed by atoms with Crippen molar-refractivity contribution in [2.45, 2.75) is 38.5 Å². The molecule has 2 nitrogen and oxygen atoms in total. The summed E-state index contributed by atoms with van der Waals surface area (Å²) in [5.41, 5.74) is 24.8. The first-order valence-corrected chi connectivity index (χ1v) is 23.9. The van der Waals surface area contributed by atoms with E-state index in [1.165, 1.54) is 105 Å². The third kappa shape index (κ3) is 6.10. The molecule has 0 bridgehead atoms. The van der Waals surface area contributed by atoms with Crippen molar-refractivity contribution >= 4 is 38.9 Å². The maximum atomic E-state index is 2.47. The Bertz CT molecular complexity index is 3760.